The number of fused-ring (bicyclic) bond motifs is 1. The molecule has 1 fully saturated rings. The van der Waals surface area contributed by atoms with E-state index in [2.05, 4.69) is 31.0 Å². The summed E-state index contributed by atoms with van der Waals surface area (Å²) in [5.74, 6) is -1.98. The van der Waals surface area contributed by atoms with Gasteiger partial charge in [-0.2, -0.15) is 0 Å². The fourth-order valence-electron chi connectivity index (χ4n) is 4.63. The molecule has 0 aromatic heterocycles. The van der Waals surface area contributed by atoms with Crippen LogP contribution < -0.4 is 15.1 Å². The van der Waals surface area contributed by atoms with E-state index >= 15 is 4.39 Å². The minimum absolute atomic E-state index is 0.120. The van der Waals surface area contributed by atoms with E-state index in [-0.39, 0.29) is 22.6 Å². The predicted octanol–water partition coefficient (Wildman–Crippen LogP) is 4.83. The monoisotopic (exact) mass is 449 g/mol. The minimum Gasteiger partial charge on any atom is -0.369 e. The summed E-state index contributed by atoms with van der Waals surface area (Å²) in [4.78, 5) is 41.2. The van der Waals surface area contributed by atoms with Crippen molar-refractivity contribution in [1.82, 2.24) is 5.32 Å². The van der Waals surface area contributed by atoms with Gasteiger partial charge in [-0.1, -0.05) is 13.0 Å². The van der Waals surface area contributed by atoms with E-state index in [0.29, 0.717) is 5.69 Å². The average Bonchev–Trinajstić information content (AvgIpc) is 2.72. The van der Waals surface area contributed by atoms with E-state index in [1.165, 1.54) is 12.1 Å². The molecule has 2 heterocycles. The lowest BCUT2D eigenvalue weighted by molar-refractivity contribution is -0.122. The van der Waals surface area contributed by atoms with Crippen molar-refractivity contribution in [2.45, 2.75) is 52.5 Å². The Hall–Kier alpha value is -3.48. The molecule has 4 rings (SSSR count). The van der Waals surface area contributed by atoms with Gasteiger partial charge in [-0.15, -0.1) is 0 Å². The number of nitrogens with zero attached hydrogens (tertiary/aromatic N) is 2. The highest BCUT2D eigenvalue weighted by atomic mass is 19.1. The lowest BCUT2D eigenvalue weighted by Gasteiger charge is -2.45. The van der Waals surface area contributed by atoms with Crippen LogP contribution in [0.1, 0.15) is 55.4 Å². The van der Waals surface area contributed by atoms with Gasteiger partial charge in [0, 0.05) is 23.8 Å². The molecule has 1 atom stereocenters. The second-order valence-electron chi connectivity index (χ2n) is 9.64. The fraction of sp³-hybridized carbons (Fsp3) is 0.346. The van der Waals surface area contributed by atoms with E-state index in [4.69, 9.17) is 0 Å². The summed E-state index contributed by atoms with van der Waals surface area (Å²) >= 11 is 0. The van der Waals surface area contributed by atoms with Crippen LogP contribution in [0.15, 0.2) is 35.9 Å². The van der Waals surface area contributed by atoms with Crippen LogP contribution in [-0.4, -0.2) is 30.4 Å². The summed E-state index contributed by atoms with van der Waals surface area (Å²) in [6.45, 7) is 10.1. The standard InChI is InChI=1S/C26H28FN3O3/c1-14-7-8-18(9-15(14)2)30-24(32)20(23(31)28-25(30)33)11-17-10-19-16(3)13-26(4,5)29(6)22(19)12-21(17)27/h7-12,16H,13H2,1-6H3,(H,28,31,33)/b20-11-. The number of halogens is 1. The van der Waals surface area contributed by atoms with Crippen molar-refractivity contribution >= 4 is 35.3 Å². The first kappa shape index (κ1) is 22.7. The van der Waals surface area contributed by atoms with Crippen molar-refractivity contribution in [2.75, 3.05) is 16.8 Å². The molecule has 0 saturated carbocycles. The molecular formula is C26H28FN3O3. The number of carbonyl (C=O) groups is 3. The van der Waals surface area contributed by atoms with Crippen molar-refractivity contribution in [3.8, 4) is 0 Å². The molecule has 2 aliphatic heterocycles. The number of hydrogen-bond acceptors (Lipinski definition) is 4. The molecule has 172 valence electrons. The summed E-state index contributed by atoms with van der Waals surface area (Å²) in [5.41, 5.74) is 3.74. The van der Waals surface area contributed by atoms with Crippen LogP contribution >= 0.6 is 0 Å². The smallest absolute Gasteiger partial charge is 0.335 e. The maximum atomic E-state index is 15.1. The number of nitrogens with one attached hydrogen (secondary N) is 1. The Morgan fingerprint density at radius 2 is 1.79 bits per heavy atom. The molecule has 1 unspecified atom stereocenters. The number of barbiturate groups is 1. The largest absolute Gasteiger partial charge is 0.369 e. The van der Waals surface area contributed by atoms with Crippen LogP contribution in [0.5, 0.6) is 0 Å². The van der Waals surface area contributed by atoms with E-state index < -0.39 is 23.7 Å². The van der Waals surface area contributed by atoms with Gasteiger partial charge in [-0.05, 0) is 87.1 Å². The molecule has 2 aliphatic rings. The second kappa shape index (κ2) is 7.83. The van der Waals surface area contributed by atoms with Gasteiger partial charge in [0.1, 0.15) is 11.4 Å². The quantitative estimate of drug-likeness (QED) is 0.527. The van der Waals surface area contributed by atoms with E-state index in [9.17, 15) is 14.4 Å². The molecule has 33 heavy (non-hydrogen) atoms. The number of hydrogen-bond donors (Lipinski definition) is 1. The Morgan fingerprint density at radius 3 is 2.45 bits per heavy atom. The maximum Gasteiger partial charge on any atom is 0.335 e. The summed E-state index contributed by atoms with van der Waals surface area (Å²) in [5, 5.41) is 2.20. The molecule has 0 bridgehead atoms. The van der Waals surface area contributed by atoms with E-state index in [1.54, 1.807) is 24.3 Å². The molecule has 6 nitrogen and oxygen atoms in total. The van der Waals surface area contributed by atoms with Crippen molar-refractivity contribution in [3.63, 3.8) is 0 Å². The summed E-state index contributed by atoms with van der Waals surface area (Å²) in [6.07, 6.45) is 2.12. The van der Waals surface area contributed by atoms with Crippen molar-refractivity contribution < 1.29 is 18.8 Å². The Labute approximate surface area is 193 Å². The lowest BCUT2D eigenvalue weighted by atomic mass is 9.80. The number of aryl methyl sites for hydroxylation is 2. The first-order chi connectivity index (χ1) is 15.4. The number of anilines is 2. The van der Waals surface area contributed by atoms with Gasteiger partial charge in [-0.25, -0.2) is 14.1 Å². The third-order valence-corrected chi connectivity index (χ3v) is 6.90. The van der Waals surface area contributed by atoms with Crippen LogP contribution in [0, 0.1) is 19.7 Å². The number of rotatable bonds is 2. The van der Waals surface area contributed by atoms with Crippen LogP contribution in [0.25, 0.3) is 6.08 Å². The molecule has 2 aromatic rings. The van der Waals surface area contributed by atoms with Crippen LogP contribution in [0.4, 0.5) is 20.6 Å². The third-order valence-electron chi connectivity index (χ3n) is 6.90. The highest BCUT2D eigenvalue weighted by molar-refractivity contribution is 6.39. The average molecular weight is 450 g/mol. The Kier molecular flexibility index (Phi) is 5.39. The number of amides is 4. The van der Waals surface area contributed by atoms with Crippen molar-refractivity contribution in [3.05, 3.63) is 64.0 Å². The normalized spacial score (nSPS) is 21.4. The molecule has 7 heteroatoms. The Bertz CT molecular complexity index is 1230. The number of urea groups is 1. The zero-order valence-electron chi connectivity index (χ0n) is 19.7. The predicted molar refractivity (Wildman–Crippen MR) is 127 cm³/mol. The fourth-order valence-corrected chi connectivity index (χ4v) is 4.63. The number of carbonyl (C=O) groups excluding carboxylic acids is 3. The minimum atomic E-state index is -0.839. The van der Waals surface area contributed by atoms with Crippen molar-refractivity contribution in [2.24, 2.45) is 0 Å². The highest BCUT2D eigenvalue weighted by Crippen LogP contribution is 2.43. The van der Waals surface area contributed by atoms with Crippen LogP contribution in [-0.2, 0) is 9.59 Å². The second-order valence-corrected chi connectivity index (χ2v) is 9.64. The van der Waals surface area contributed by atoms with Gasteiger partial charge in [0.05, 0.1) is 5.69 Å². The van der Waals surface area contributed by atoms with Crippen LogP contribution in [0.3, 0.4) is 0 Å². The Balaban J connectivity index is 1.77. The summed E-state index contributed by atoms with van der Waals surface area (Å²) in [6, 6.07) is 7.48. The molecule has 0 aliphatic carbocycles. The van der Waals surface area contributed by atoms with Gasteiger partial charge in [-0.3, -0.25) is 14.9 Å². The van der Waals surface area contributed by atoms with E-state index in [1.807, 2.05) is 20.9 Å². The van der Waals surface area contributed by atoms with Gasteiger partial charge < -0.3 is 4.90 Å². The van der Waals surface area contributed by atoms with Gasteiger partial charge in [0.15, 0.2) is 0 Å². The van der Waals surface area contributed by atoms with E-state index in [0.717, 1.165) is 33.7 Å². The molecule has 0 spiro atoms. The van der Waals surface area contributed by atoms with Gasteiger partial charge in [0.2, 0.25) is 0 Å². The summed E-state index contributed by atoms with van der Waals surface area (Å²) < 4.78 is 15.1. The molecule has 1 saturated heterocycles. The number of benzene rings is 2. The molecule has 4 amide bonds. The number of imide groups is 2. The first-order valence-electron chi connectivity index (χ1n) is 11.0. The zero-order chi connectivity index (χ0) is 24.2. The van der Waals surface area contributed by atoms with Crippen molar-refractivity contribution in [1.29, 1.82) is 0 Å². The van der Waals surface area contributed by atoms with Gasteiger partial charge in [0.25, 0.3) is 11.8 Å². The zero-order valence-corrected chi connectivity index (χ0v) is 19.7. The molecule has 1 N–H and O–H groups in total. The SMILES string of the molecule is Cc1ccc(N2C(=O)NC(=O)/C(=C/c3cc4c(cc3F)N(C)C(C)(C)CC4C)C2=O)cc1C. The van der Waals surface area contributed by atoms with Crippen LogP contribution in [0.2, 0.25) is 0 Å². The molecule has 2 aromatic carbocycles. The first-order valence-corrected chi connectivity index (χ1v) is 11.0. The highest BCUT2D eigenvalue weighted by Gasteiger charge is 2.38. The lowest BCUT2D eigenvalue weighted by Crippen LogP contribution is -2.54. The molecular weight excluding hydrogens is 421 g/mol. The van der Waals surface area contributed by atoms with Gasteiger partial charge >= 0.3 is 6.03 Å². The summed E-state index contributed by atoms with van der Waals surface area (Å²) in [7, 11) is 1.94. The third kappa shape index (κ3) is 3.81. The molecule has 0 radical (unpaired) electrons. The topological polar surface area (TPSA) is 69.7 Å². The Morgan fingerprint density at radius 1 is 1.09 bits per heavy atom. The maximum absolute atomic E-state index is 15.1.